The maximum Gasteiger partial charge on any atom is 0.442 e. The van der Waals surface area contributed by atoms with Crippen molar-refractivity contribution in [3.63, 3.8) is 0 Å². The van der Waals surface area contributed by atoms with Crippen LogP contribution in [0.2, 0.25) is 0 Å². The average molecular weight is 411 g/mol. The number of imide groups is 1. The van der Waals surface area contributed by atoms with Crippen LogP contribution in [0.1, 0.15) is 50.8 Å². The van der Waals surface area contributed by atoms with Crippen LogP contribution in [0.5, 0.6) is 0 Å². The third kappa shape index (κ3) is 5.46. The van der Waals surface area contributed by atoms with E-state index in [9.17, 15) is 9.59 Å². The van der Waals surface area contributed by atoms with Crippen molar-refractivity contribution in [2.75, 3.05) is 6.61 Å². The molecule has 30 heavy (non-hydrogen) atoms. The number of benzene rings is 2. The topological polar surface area (TPSA) is 65.1 Å². The molecule has 0 radical (unpaired) electrons. The fraction of sp³-hybridized carbons (Fsp3) is 0.417. The number of amides is 2. The normalized spacial score (nSPS) is 18.4. The standard InChI is InChI=1S/C24H29NO5/c1-23(2,3)30-22(27)25(29-15-18-10-6-5-7-11-18)21(26)14-24(4)17-28-16-19-12-8-9-13-20(19)24/h5-13H,14-17H2,1-4H3. The smallest absolute Gasteiger partial charge is 0.442 e. The van der Waals surface area contributed by atoms with Crippen molar-refractivity contribution in [2.24, 2.45) is 0 Å². The molecule has 0 saturated carbocycles. The lowest BCUT2D eigenvalue weighted by molar-refractivity contribution is -0.184. The summed E-state index contributed by atoms with van der Waals surface area (Å²) in [6.07, 6.45) is -0.769. The van der Waals surface area contributed by atoms with Gasteiger partial charge >= 0.3 is 6.09 Å². The molecule has 160 valence electrons. The number of hydrogen-bond donors (Lipinski definition) is 0. The van der Waals surface area contributed by atoms with Gasteiger partial charge in [-0.25, -0.2) is 4.79 Å². The van der Waals surface area contributed by atoms with E-state index in [1.807, 2.05) is 61.5 Å². The maximum atomic E-state index is 13.2. The van der Waals surface area contributed by atoms with Gasteiger partial charge in [0.2, 0.25) is 0 Å². The summed E-state index contributed by atoms with van der Waals surface area (Å²) in [5.41, 5.74) is 1.62. The molecule has 0 N–H and O–H groups in total. The van der Waals surface area contributed by atoms with E-state index in [1.54, 1.807) is 20.8 Å². The van der Waals surface area contributed by atoms with Crippen molar-refractivity contribution < 1.29 is 23.9 Å². The van der Waals surface area contributed by atoms with Gasteiger partial charge in [-0.2, -0.15) is 0 Å². The van der Waals surface area contributed by atoms with Crippen molar-refractivity contribution in [3.05, 3.63) is 71.3 Å². The Kier molecular flexibility index (Phi) is 6.58. The lowest BCUT2D eigenvalue weighted by Crippen LogP contribution is -2.45. The van der Waals surface area contributed by atoms with E-state index in [0.29, 0.717) is 13.2 Å². The molecule has 1 unspecified atom stereocenters. The van der Waals surface area contributed by atoms with Crippen LogP contribution in [0.4, 0.5) is 4.79 Å². The minimum Gasteiger partial charge on any atom is -0.442 e. The molecule has 0 bridgehead atoms. The monoisotopic (exact) mass is 411 g/mol. The van der Waals surface area contributed by atoms with Crippen molar-refractivity contribution >= 4 is 12.0 Å². The van der Waals surface area contributed by atoms with Crippen molar-refractivity contribution in [1.82, 2.24) is 5.06 Å². The van der Waals surface area contributed by atoms with Crippen LogP contribution >= 0.6 is 0 Å². The van der Waals surface area contributed by atoms with Crippen molar-refractivity contribution in [3.8, 4) is 0 Å². The minimum atomic E-state index is -0.822. The van der Waals surface area contributed by atoms with Gasteiger partial charge in [0, 0.05) is 11.8 Å². The lowest BCUT2D eigenvalue weighted by atomic mass is 9.76. The van der Waals surface area contributed by atoms with E-state index < -0.39 is 23.0 Å². The molecule has 0 aliphatic carbocycles. The Morgan fingerprint density at radius 3 is 2.43 bits per heavy atom. The van der Waals surface area contributed by atoms with Gasteiger partial charge in [0.05, 0.1) is 13.2 Å². The zero-order chi connectivity index (χ0) is 21.8. The van der Waals surface area contributed by atoms with Crippen LogP contribution in [0.15, 0.2) is 54.6 Å². The third-order valence-electron chi connectivity index (χ3n) is 4.88. The van der Waals surface area contributed by atoms with Crippen LogP contribution in [-0.2, 0) is 37.7 Å². The molecule has 1 aliphatic heterocycles. The van der Waals surface area contributed by atoms with Gasteiger partial charge in [0.15, 0.2) is 0 Å². The Bertz CT molecular complexity index is 890. The summed E-state index contributed by atoms with van der Waals surface area (Å²) in [5.74, 6) is -0.469. The summed E-state index contributed by atoms with van der Waals surface area (Å²) in [7, 11) is 0. The van der Waals surface area contributed by atoms with Crippen LogP contribution in [-0.4, -0.2) is 29.3 Å². The number of hydrogen-bond acceptors (Lipinski definition) is 5. The second-order valence-electron chi connectivity index (χ2n) is 8.81. The van der Waals surface area contributed by atoms with Gasteiger partial charge in [-0.15, -0.1) is 5.06 Å². The predicted molar refractivity (Wildman–Crippen MR) is 112 cm³/mol. The molecule has 2 aromatic carbocycles. The lowest BCUT2D eigenvalue weighted by Gasteiger charge is -2.36. The Balaban J connectivity index is 1.80. The fourth-order valence-electron chi connectivity index (χ4n) is 3.49. The van der Waals surface area contributed by atoms with E-state index in [1.165, 1.54) is 0 Å². The van der Waals surface area contributed by atoms with Gasteiger partial charge in [0.25, 0.3) is 5.91 Å². The summed E-state index contributed by atoms with van der Waals surface area (Å²) in [5, 5.41) is 0.751. The zero-order valence-electron chi connectivity index (χ0n) is 18.0. The van der Waals surface area contributed by atoms with Crippen LogP contribution in [0.25, 0.3) is 0 Å². The number of ether oxygens (including phenoxy) is 2. The molecule has 1 aliphatic rings. The Hall–Kier alpha value is -2.70. The fourth-order valence-corrected chi connectivity index (χ4v) is 3.49. The van der Waals surface area contributed by atoms with E-state index in [2.05, 4.69) is 0 Å². The Morgan fingerprint density at radius 1 is 1.07 bits per heavy atom. The van der Waals surface area contributed by atoms with Crippen LogP contribution in [0.3, 0.4) is 0 Å². The first-order valence-corrected chi connectivity index (χ1v) is 10.1. The Labute approximate surface area is 177 Å². The largest absolute Gasteiger partial charge is 0.442 e. The molecule has 0 aromatic heterocycles. The van der Waals surface area contributed by atoms with E-state index in [0.717, 1.165) is 21.8 Å². The first kappa shape index (κ1) is 22.0. The molecule has 0 saturated heterocycles. The number of fused-ring (bicyclic) bond motifs is 1. The molecule has 0 fully saturated rings. The number of rotatable bonds is 5. The summed E-state index contributed by atoms with van der Waals surface area (Å²) < 4.78 is 11.1. The van der Waals surface area contributed by atoms with Crippen molar-refractivity contribution in [2.45, 2.75) is 58.3 Å². The summed E-state index contributed by atoms with van der Waals surface area (Å²) in [4.78, 5) is 31.6. The third-order valence-corrected chi connectivity index (χ3v) is 4.88. The SMILES string of the molecule is CC(C)(C)OC(=O)N(OCc1ccccc1)C(=O)CC1(C)COCc2ccccc21. The quantitative estimate of drug-likeness (QED) is 0.664. The summed E-state index contributed by atoms with van der Waals surface area (Å²) in [6, 6.07) is 17.3. The van der Waals surface area contributed by atoms with Crippen molar-refractivity contribution in [1.29, 1.82) is 0 Å². The van der Waals surface area contributed by atoms with E-state index in [-0.39, 0.29) is 13.0 Å². The van der Waals surface area contributed by atoms with Gasteiger partial charge in [-0.1, -0.05) is 61.5 Å². The highest BCUT2D eigenvalue weighted by Gasteiger charge is 2.39. The maximum absolute atomic E-state index is 13.2. The first-order valence-electron chi connectivity index (χ1n) is 10.1. The molecule has 0 spiro atoms. The molecular weight excluding hydrogens is 382 g/mol. The van der Waals surface area contributed by atoms with Gasteiger partial charge in [-0.05, 0) is 37.5 Å². The molecule has 2 aromatic rings. The highest BCUT2D eigenvalue weighted by molar-refractivity contribution is 5.91. The van der Waals surface area contributed by atoms with E-state index in [4.69, 9.17) is 14.3 Å². The average Bonchev–Trinajstić information content (AvgIpc) is 2.68. The molecule has 1 heterocycles. The summed E-state index contributed by atoms with van der Waals surface area (Å²) in [6.45, 7) is 8.19. The highest BCUT2D eigenvalue weighted by atomic mass is 16.7. The zero-order valence-corrected chi connectivity index (χ0v) is 18.0. The first-order chi connectivity index (χ1) is 14.2. The molecule has 6 heteroatoms. The Morgan fingerprint density at radius 2 is 1.73 bits per heavy atom. The molecule has 2 amide bonds. The molecule has 3 rings (SSSR count). The molecular formula is C24H29NO5. The van der Waals surface area contributed by atoms with Gasteiger partial charge < -0.3 is 9.47 Å². The number of carbonyl (C=O) groups excluding carboxylic acids is 2. The second-order valence-corrected chi connectivity index (χ2v) is 8.81. The number of nitrogens with zero attached hydrogens (tertiary/aromatic N) is 1. The molecule has 6 nitrogen and oxygen atoms in total. The van der Waals surface area contributed by atoms with Crippen LogP contribution in [0, 0.1) is 0 Å². The summed E-state index contributed by atoms with van der Waals surface area (Å²) >= 11 is 0. The highest BCUT2D eigenvalue weighted by Crippen LogP contribution is 2.35. The predicted octanol–water partition coefficient (Wildman–Crippen LogP) is 4.76. The number of carbonyl (C=O) groups is 2. The van der Waals surface area contributed by atoms with E-state index >= 15 is 0 Å². The molecule has 1 atom stereocenters. The number of hydroxylamine groups is 2. The second kappa shape index (κ2) is 8.98. The minimum absolute atomic E-state index is 0.0536. The van der Waals surface area contributed by atoms with Gasteiger partial charge in [-0.3, -0.25) is 9.63 Å². The van der Waals surface area contributed by atoms with Gasteiger partial charge in [0.1, 0.15) is 12.2 Å². The van der Waals surface area contributed by atoms with Crippen LogP contribution < -0.4 is 0 Å².